The first-order valence-corrected chi connectivity index (χ1v) is 20.9. The number of aliphatic hydroxyl groups excluding tert-OH is 1. The Kier molecular flexibility index (Phi) is 8.38. The average Bonchev–Trinajstić information content (AvgIpc) is 3.62. The number of hydrogen-bond donors (Lipinski definition) is 2. The number of carbonyl (C=O) groups excluding carboxylic acids is 3. The van der Waals surface area contributed by atoms with Gasteiger partial charge in [-0.15, -0.1) is 13.2 Å². The first-order chi connectivity index (χ1) is 27.1. The summed E-state index contributed by atoms with van der Waals surface area (Å²) in [6.07, 6.45) is 6.48. The minimum absolute atomic E-state index is 0.0421. The van der Waals surface area contributed by atoms with Gasteiger partial charge in [-0.05, 0) is 99.7 Å². The third-order valence-corrected chi connectivity index (χ3v) is 17.7. The zero-order chi connectivity index (χ0) is 41.5. The van der Waals surface area contributed by atoms with Crippen LogP contribution in [0, 0.1) is 44.3 Å². The Bertz CT molecular complexity index is 2130. The average molecular weight is 802 g/mol. The van der Waals surface area contributed by atoms with E-state index in [-0.39, 0.29) is 36.1 Å². The zero-order valence-corrected chi connectivity index (χ0v) is 34.0. The van der Waals surface area contributed by atoms with Gasteiger partial charge in [0.15, 0.2) is 11.4 Å². The first-order valence-electron chi connectivity index (χ1n) is 20.9. The number of ketones is 1. The second kappa shape index (κ2) is 12.3. The molecule has 4 bridgehead atoms. The maximum atomic E-state index is 15.2. The second-order valence-electron chi connectivity index (χ2n) is 20.0. The van der Waals surface area contributed by atoms with Crippen LogP contribution >= 0.6 is 0 Å². The van der Waals surface area contributed by atoms with Crippen molar-refractivity contribution >= 4 is 17.7 Å². The molecule has 2 aromatic carbocycles. The van der Waals surface area contributed by atoms with Crippen molar-refractivity contribution < 1.29 is 47.2 Å². The Morgan fingerprint density at radius 2 is 1.52 bits per heavy atom. The fourth-order valence-electron chi connectivity index (χ4n) is 13.9. The van der Waals surface area contributed by atoms with Crippen LogP contribution in [0.25, 0.3) is 0 Å². The largest absolute Gasteiger partial charge is 0.573 e. The molecule has 0 radical (unpaired) electrons. The number of alkyl halides is 3. The van der Waals surface area contributed by atoms with E-state index in [9.17, 15) is 33.0 Å². The molecule has 1 saturated heterocycles. The Hall–Kier alpha value is -3.96. The topological polar surface area (TPSA) is 113 Å². The SMILES string of the molecule is CC1(C)[C@@]2(C)CC[C@]1(C(=O)N(Cc1ccc(OC(F)(F)F)cc1)C[C@]1(O)CC[C@H]3[C@]45C=C[C@@]6(C=C4C(=O)c4ccccc4)CC(O)CC[C@]6(C)[C@H]5CC[C@@]31C)OC2=O. The molecule has 7 aliphatic carbocycles. The predicted octanol–water partition coefficient (Wildman–Crippen LogP) is 8.51. The number of ether oxygens (including phenoxy) is 2. The molecule has 58 heavy (non-hydrogen) atoms. The van der Waals surface area contributed by atoms with E-state index in [1.165, 1.54) is 24.3 Å². The standard InChI is InChI=1S/C47H54F3NO7/c1-39(2)42(5)21-24-46(39,58-38(42)55)37(54)51(27-29-11-13-32(14-12-29)57-47(48,49)50)28-44(56)20-17-35-41(44,4)19-16-34-40(3)18-15-31(52)25-43(40)22-23-45(34,35)33(26-43)36(53)30-9-7-6-8-10-30/h6-14,22-23,26,31,34-35,52,56H,15-21,24-25,27-28H2,1-5H3/t31?,34-,35-,40-,41+,42+,43+,44-,45-,46-/m1/s1. The first kappa shape index (κ1) is 39.5. The molecule has 0 aromatic heterocycles. The van der Waals surface area contributed by atoms with Crippen molar-refractivity contribution in [2.24, 2.45) is 44.3 Å². The quantitative estimate of drug-likeness (QED) is 0.156. The summed E-state index contributed by atoms with van der Waals surface area (Å²) in [4.78, 5) is 45.1. The number of carbonyl (C=O) groups is 3. The number of hydrogen-bond acceptors (Lipinski definition) is 7. The van der Waals surface area contributed by atoms with Crippen LogP contribution in [0.1, 0.15) is 108 Å². The van der Waals surface area contributed by atoms with Crippen molar-refractivity contribution in [1.29, 1.82) is 0 Å². The Morgan fingerprint density at radius 3 is 2.16 bits per heavy atom. The van der Waals surface area contributed by atoms with Crippen molar-refractivity contribution in [2.75, 3.05) is 6.54 Å². The summed E-state index contributed by atoms with van der Waals surface area (Å²) in [5.74, 6) is -1.39. The van der Waals surface area contributed by atoms with Crippen LogP contribution in [-0.4, -0.2) is 63.0 Å². The Balaban J connectivity index is 1.12. The summed E-state index contributed by atoms with van der Waals surface area (Å²) in [7, 11) is 0. The van der Waals surface area contributed by atoms with Gasteiger partial charge in [-0.1, -0.05) is 88.4 Å². The van der Waals surface area contributed by atoms with E-state index >= 15 is 4.79 Å². The summed E-state index contributed by atoms with van der Waals surface area (Å²) >= 11 is 0. The molecule has 1 amide bonds. The molecule has 8 nitrogen and oxygen atoms in total. The molecule has 1 aliphatic heterocycles. The fourth-order valence-corrected chi connectivity index (χ4v) is 13.9. The number of benzene rings is 2. The van der Waals surface area contributed by atoms with Crippen LogP contribution in [0.3, 0.4) is 0 Å². The summed E-state index contributed by atoms with van der Waals surface area (Å²) in [6, 6.07) is 14.7. The maximum Gasteiger partial charge on any atom is 0.573 e. The lowest BCUT2D eigenvalue weighted by Crippen LogP contribution is -2.67. The van der Waals surface area contributed by atoms with Gasteiger partial charge >= 0.3 is 12.3 Å². The lowest BCUT2D eigenvalue weighted by Gasteiger charge is -2.71. The Labute approximate surface area is 337 Å². The van der Waals surface area contributed by atoms with Crippen LogP contribution in [0.15, 0.2) is 78.4 Å². The fraction of sp³-hybridized carbons (Fsp3) is 0.596. The predicted molar refractivity (Wildman–Crippen MR) is 208 cm³/mol. The molecule has 310 valence electrons. The summed E-state index contributed by atoms with van der Waals surface area (Å²) in [5, 5.41) is 24.4. The molecule has 8 aliphatic rings. The minimum Gasteiger partial charge on any atom is -0.448 e. The van der Waals surface area contributed by atoms with E-state index in [4.69, 9.17) is 4.74 Å². The molecule has 2 spiro atoms. The molecule has 10 rings (SSSR count). The molecule has 2 aromatic rings. The van der Waals surface area contributed by atoms with Gasteiger partial charge in [0.1, 0.15) is 5.75 Å². The lowest BCUT2D eigenvalue weighted by molar-refractivity contribution is -0.274. The normalized spacial score (nSPS) is 41.6. The number of Topliss-reactive ketones (excluding diaryl/α,β-unsaturated/α-hetero) is 1. The lowest BCUT2D eigenvalue weighted by atomic mass is 9.32. The number of esters is 1. The number of allylic oxidation sites excluding steroid dienone is 4. The monoisotopic (exact) mass is 801 g/mol. The van der Waals surface area contributed by atoms with E-state index in [0.717, 1.165) is 18.4 Å². The molecule has 4 saturated carbocycles. The van der Waals surface area contributed by atoms with Crippen molar-refractivity contribution in [2.45, 2.75) is 123 Å². The van der Waals surface area contributed by atoms with Crippen LogP contribution < -0.4 is 4.74 Å². The van der Waals surface area contributed by atoms with Crippen LogP contribution in [0.2, 0.25) is 0 Å². The van der Waals surface area contributed by atoms with Gasteiger partial charge in [0.25, 0.3) is 5.91 Å². The summed E-state index contributed by atoms with van der Waals surface area (Å²) in [6.45, 7) is 9.88. The van der Waals surface area contributed by atoms with Gasteiger partial charge in [0, 0.05) is 39.3 Å². The van der Waals surface area contributed by atoms with Gasteiger partial charge in [-0.2, -0.15) is 0 Å². The number of aliphatic hydroxyl groups is 2. The van der Waals surface area contributed by atoms with Crippen molar-refractivity contribution in [3.63, 3.8) is 0 Å². The van der Waals surface area contributed by atoms with Crippen LogP contribution in [0.4, 0.5) is 13.2 Å². The van der Waals surface area contributed by atoms with Crippen LogP contribution in [-0.2, 0) is 20.9 Å². The van der Waals surface area contributed by atoms with Gasteiger partial charge in [0.2, 0.25) is 0 Å². The molecular weight excluding hydrogens is 748 g/mol. The molecule has 2 N–H and O–H groups in total. The smallest absolute Gasteiger partial charge is 0.448 e. The highest BCUT2D eigenvalue weighted by Gasteiger charge is 2.78. The van der Waals surface area contributed by atoms with Gasteiger partial charge in [0.05, 0.1) is 23.7 Å². The van der Waals surface area contributed by atoms with E-state index in [2.05, 4.69) is 36.8 Å². The third kappa shape index (κ3) is 4.98. The molecular formula is C47H54F3NO7. The highest BCUT2D eigenvalue weighted by atomic mass is 19.4. The second-order valence-corrected chi connectivity index (χ2v) is 20.0. The molecule has 1 heterocycles. The summed E-state index contributed by atoms with van der Waals surface area (Å²) in [5.41, 5.74) is -5.02. The third-order valence-electron chi connectivity index (χ3n) is 17.7. The van der Waals surface area contributed by atoms with Gasteiger partial charge < -0.3 is 24.6 Å². The molecule has 5 fully saturated rings. The number of amides is 1. The zero-order valence-electron chi connectivity index (χ0n) is 34.0. The minimum atomic E-state index is -4.87. The van der Waals surface area contributed by atoms with Crippen molar-refractivity contribution in [3.05, 3.63) is 89.5 Å². The number of nitrogens with zero attached hydrogens (tertiary/aromatic N) is 1. The van der Waals surface area contributed by atoms with Crippen molar-refractivity contribution in [1.82, 2.24) is 4.90 Å². The number of halogens is 3. The molecule has 11 heteroatoms. The molecule has 1 unspecified atom stereocenters. The maximum absolute atomic E-state index is 15.2. The molecule has 10 atom stereocenters. The summed E-state index contributed by atoms with van der Waals surface area (Å²) < 4.78 is 49.3. The Morgan fingerprint density at radius 1 is 0.862 bits per heavy atom. The highest BCUT2D eigenvalue weighted by Crippen LogP contribution is 2.78. The number of rotatable bonds is 8. The van der Waals surface area contributed by atoms with E-state index in [0.29, 0.717) is 56.1 Å². The number of fused-ring (bicyclic) bond motifs is 3. The van der Waals surface area contributed by atoms with Crippen LogP contribution in [0.5, 0.6) is 5.75 Å². The van der Waals surface area contributed by atoms with Gasteiger partial charge in [-0.3, -0.25) is 14.4 Å². The van der Waals surface area contributed by atoms with Gasteiger partial charge in [-0.25, -0.2) is 0 Å². The van der Waals surface area contributed by atoms with E-state index in [1.807, 2.05) is 51.1 Å². The highest BCUT2D eigenvalue weighted by molar-refractivity contribution is 6.10. The van der Waals surface area contributed by atoms with E-state index < -0.39 is 68.4 Å². The van der Waals surface area contributed by atoms with E-state index in [1.54, 1.807) is 4.90 Å². The van der Waals surface area contributed by atoms with Crippen molar-refractivity contribution in [3.8, 4) is 5.75 Å².